The zero-order valence-corrected chi connectivity index (χ0v) is 14.4. The Hall–Kier alpha value is -2.21. The Kier molecular flexibility index (Phi) is 4.07. The maximum absolute atomic E-state index is 13.0. The Labute approximate surface area is 147 Å². The lowest BCUT2D eigenvalue weighted by atomic mass is 9.77. The zero-order valence-electron chi connectivity index (χ0n) is 14.4. The molecular formula is C19H23N3O3. The van der Waals surface area contributed by atoms with Crippen LogP contribution in [0, 0.1) is 11.8 Å². The topological polar surface area (TPSA) is 71.5 Å². The third kappa shape index (κ3) is 2.65. The summed E-state index contributed by atoms with van der Waals surface area (Å²) < 4.78 is 6.11. The second-order valence-electron chi connectivity index (χ2n) is 7.10. The van der Waals surface area contributed by atoms with Crippen molar-refractivity contribution in [1.82, 2.24) is 15.2 Å². The quantitative estimate of drug-likeness (QED) is 0.625. The zero-order chi connectivity index (χ0) is 17.4. The van der Waals surface area contributed by atoms with Gasteiger partial charge < -0.3 is 15.0 Å². The van der Waals surface area contributed by atoms with Crippen molar-refractivity contribution in [3.8, 4) is 0 Å². The van der Waals surface area contributed by atoms with Crippen molar-refractivity contribution in [2.24, 2.45) is 11.8 Å². The summed E-state index contributed by atoms with van der Waals surface area (Å²) in [7, 11) is 0. The molecule has 6 nitrogen and oxygen atoms in total. The third-order valence-electron chi connectivity index (χ3n) is 5.41. The van der Waals surface area contributed by atoms with Gasteiger partial charge in [0, 0.05) is 25.5 Å². The van der Waals surface area contributed by atoms with E-state index in [1.165, 1.54) is 0 Å². The van der Waals surface area contributed by atoms with Crippen LogP contribution in [0.1, 0.15) is 25.3 Å². The molecule has 132 valence electrons. The predicted molar refractivity (Wildman–Crippen MR) is 91.3 cm³/mol. The molecule has 2 saturated heterocycles. The molecule has 0 radical (unpaired) electrons. The maximum atomic E-state index is 13.0. The number of carbonyl (C=O) groups excluding carboxylic acids is 2. The molecule has 2 fully saturated rings. The van der Waals surface area contributed by atoms with Crippen LogP contribution in [0.15, 0.2) is 36.7 Å². The maximum Gasteiger partial charge on any atom is 0.230 e. The van der Waals surface area contributed by atoms with Gasteiger partial charge in [-0.05, 0) is 18.1 Å². The fourth-order valence-electron chi connectivity index (χ4n) is 4.23. The van der Waals surface area contributed by atoms with E-state index in [2.05, 4.69) is 17.2 Å². The summed E-state index contributed by atoms with van der Waals surface area (Å²) in [6, 6.07) is 3.82. The molecule has 3 aliphatic rings. The predicted octanol–water partition coefficient (Wildman–Crippen LogP) is 1.28. The molecule has 1 N–H and O–H groups in total. The molecule has 4 unspecified atom stereocenters. The largest absolute Gasteiger partial charge is 0.360 e. The van der Waals surface area contributed by atoms with E-state index in [0.29, 0.717) is 19.6 Å². The summed E-state index contributed by atoms with van der Waals surface area (Å²) >= 11 is 0. The monoisotopic (exact) mass is 341 g/mol. The highest BCUT2D eigenvalue weighted by atomic mass is 16.5. The minimum Gasteiger partial charge on any atom is -0.360 e. The minimum absolute atomic E-state index is 0.00587. The Balaban J connectivity index is 1.52. The van der Waals surface area contributed by atoms with Crippen molar-refractivity contribution in [1.29, 1.82) is 0 Å². The average Bonchev–Trinajstić information content (AvgIpc) is 3.25. The van der Waals surface area contributed by atoms with Gasteiger partial charge in [-0.25, -0.2) is 0 Å². The van der Waals surface area contributed by atoms with Gasteiger partial charge in [0.25, 0.3) is 0 Å². The van der Waals surface area contributed by atoms with Crippen molar-refractivity contribution >= 4 is 11.8 Å². The second-order valence-corrected chi connectivity index (χ2v) is 7.10. The standard InChI is InChI=1S/C19H23N3O3/c1-2-3-9-21-17(23)15-14-6-7-19(25-14)12-22(18(24)16(15)19)11-13-5-4-8-20-10-13/h4-8,10,14-16H,2-3,9,11-12H2,1H3,(H,21,23). The number of hydrogen-bond acceptors (Lipinski definition) is 4. The van der Waals surface area contributed by atoms with Gasteiger partial charge in [-0.2, -0.15) is 0 Å². The molecule has 1 spiro atoms. The van der Waals surface area contributed by atoms with Crippen LogP contribution in [0.25, 0.3) is 0 Å². The van der Waals surface area contributed by atoms with Crippen molar-refractivity contribution in [2.75, 3.05) is 13.1 Å². The number of likely N-dealkylation sites (tertiary alicyclic amines) is 1. The van der Waals surface area contributed by atoms with E-state index in [-0.39, 0.29) is 17.9 Å². The van der Waals surface area contributed by atoms with Crippen LogP contribution in [0.4, 0.5) is 0 Å². The molecule has 3 aliphatic heterocycles. The van der Waals surface area contributed by atoms with Gasteiger partial charge in [-0.1, -0.05) is 31.6 Å². The highest BCUT2D eigenvalue weighted by Crippen LogP contribution is 2.52. The van der Waals surface area contributed by atoms with Crippen LogP contribution in [-0.4, -0.2) is 46.5 Å². The lowest BCUT2D eigenvalue weighted by molar-refractivity contribution is -0.137. The number of nitrogens with zero attached hydrogens (tertiary/aromatic N) is 2. The molecule has 6 heteroatoms. The Morgan fingerprint density at radius 3 is 3.16 bits per heavy atom. The molecule has 2 amide bonds. The van der Waals surface area contributed by atoms with Crippen molar-refractivity contribution in [3.05, 3.63) is 42.2 Å². The van der Waals surface area contributed by atoms with Crippen LogP contribution < -0.4 is 5.32 Å². The first-order valence-electron chi connectivity index (χ1n) is 8.97. The summed E-state index contributed by atoms with van der Waals surface area (Å²) in [5.74, 6) is -0.897. The molecular weight excluding hydrogens is 318 g/mol. The third-order valence-corrected chi connectivity index (χ3v) is 5.41. The Bertz CT molecular complexity index is 705. The number of hydrogen-bond donors (Lipinski definition) is 1. The summed E-state index contributed by atoms with van der Waals surface area (Å²) in [5.41, 5.74) is 0.339. The van der Waals surface area contributed by atoms with E-state index in [1.54, 1.807) is 17.3 Å². The summed E-state index contributed by atoms with van der Waals surface area (Å²) in [6.07, 6.45) is 9.10. The van der Waals surface area contributed by atoms with Crippen molar-refractivity contribution in [2.45, 2.75) is 38.0 Å². The van der Waals surface area contributed by atoms with Gasteiger partial charge in [0.05, 0.1) is 24.5 Å². The average molecular weight is 341 g/mol. The summed E-state index contributed by atoms with van der Waals surface area (Å²) in [6.45, 7) is 3.73. The number of unbranched alkanes of at least 4 members (excludes halogenated alkanes) is 1. The van der Waals surface area contributed by atoms with E-state index >= 15 is 0 Å². The minimum atomic E-state index is -0.642. The van der Waals surface area contributed by atoms with Gasteiger partial charge in [0.15, 0.2) is 0 Å². The second kappa shape index (κ2) is 6.26. The van der Waals surface area contributed by atoms with Crippen LogP contribution in [-0.2, 0) is 20.9 Å². The normalized spacial score (nSPS) is 32.3. The molecule has 4 atom stereocenters. The van der Waals surface area contributed by atoms with E-state index < -0.39 is 17.4 Å². The number of carbonyl (C=O) groups is 2. The number of pyridine rings is 1. The number of fused-ring (bicyclic) bond motifs is 1. The van der Waals surface area contributed by atoms with E-state index in [9.17, 15) is 9.59 Å². The lowest BCUT2D eigenvalue weighted by Crippen LogP contribution is -2.44. The number of aromatic nitrogens is 1. The summed E-state index contributed by atoms with van der Waals surface area (Å²) in [5, 5.41) is 2.97. The fourth-order valence-corrected chi connectivity index (χ4v) is 4.23. The number of rotatable bonds is 6. The molecule has 4 heterocycles. The van der Waals surface area contributed by atoms with E-state index in [4.69, 9.17) is 4.74 Å². The molecule has 0 aliphatic carbocycles. The SMILES string of the molecule is CCCCNC(=O)C1C2C=CC3(CN(Cc4cccnc4)C(=O)C13)O2. The molecule has 1 aromatic heterocycles. The van der Waals surface area contributed by atoms with Crippen LogP contribution in [0.2, 0.25) is 0 Å². The smallest absolute Gasteiger partial charge is 0.230 e. The first-order valence-corrected chi connectivity index (χ1v) is 8.97. The summed E-state index contributed by atoms with van der Waals surface area (Å²) in [4.78, 5) is 31.6. The number of nitrogens with one attached hydrogen (secondary N) is 1. The molecule has 1 aromatic rings. The van der Waals surface area contributed by atoms with Gasteiger partial charge in [-0.15, -0.1) is 0 Å². The van der Waals surface area contributed by atoms with Crippen LogP contribution >= 0.6 is 0 Å². The Morgan fingerprint density at radius 2 is 2.40 bits per heavy atom. The highest BCUT2D eigenvalue weighted by Gasteiger charge is 2.66. The van der Waals surface area contributed by atoms with Crippen LogP contribution in [0.5, 0.6) is 0 Å². The van der Waals surface area contributed by atoms with Crippen molar-refractivity contribution in [3.63, 3.8) is 0 Å². The number of ether oxygens (including phenoxy) is 1. The molecule has 25 heavy (non-hydrogen) atoms. The van der Waals surface area contributed by atoms with Crippen LogP contribution in [0.3, 0.4) is 0 Å². The van der Waals surface area contributed by atoms with Gasteiger partial charge >= 0.3 is 0 Å². The molecule has 0 saturated carbocycles. The molecule has 2 bridgehead atoms. The fraction of sp³-hybridized carbons (Fsp3) is 0.526. The van der Waals surface area contributed by atoms with E-state index in [1.807, 2.05) is 24.3 Å². The van der Waals surface area contributed by atoms with Crippen molar-refractivity contribution < 1.29 is 14.3 Å². The molecule has 0 aromatic carbocycles. The highest BCUT2D eigenvalue weighted by molar-refractivity contribution is 5.93. The lowest BCUT2D eigenvalue weighted by Gasteiger charge is -2.23. The van der Waals surface area contributed by atoms with Gasteiger partial charge in [-0.3, -0.25) is 14.6 Å². The Morgan fingerprint density at radius 1 is 1.52 bits per heavy atom. The van der Waals surface area contributed by atoms with Gasteiger partial charge in [0.1, 0.15) is 5.60 Å². The first kappa shape index (κ1) is 16.3. The molecule has 4 rings (SSSR count). The number of amides is 2. The van der Waals surface area contributed by atoms with E-state index in [0.717, 1.165) is 18.4 Å². The van der Waals surface area contributed by atoms with Gasteiger partial charge in [0.2, 0.25) is 11.8 Å². The first-order chi connectivity index (χ1) is 12.1.